The van der Waals surface area contributed by atoms with Crippen LogP contribution in [0.15, 0.2) is 30.3 Å². The molecule has 5 heteroatoms. The van der Waals surface area contributed by atoms with Crippen molar-refractivity contribution in [1.29, 1.82) is 0 Å². The van der Waals surface area contributed by atoms with Gasteiger partial charge in [0.1, 0.15) is 5.75 Å². The number of piperidine rings is 1. The van der Waals surface area contributed by atoms with Gasteiger partial charge in [0.25, 0.3) is 5.91 Å². The average molecular weight is 318 g/mol. The molecular weight excluding hydrogens is 292 g/mol. The molecule has 1 aromatic carbocycles. The van der Waals surface area contributed by atoms with Crippen LogP contribution in [0.1, 0.15) is 33.1 Å². The van der Waals surface area contributed by atoms with Crippen molar-refractivity contribution >= 4 is 11.8 Å². The molecule has 1 saturated heterocycles. The van der Waals surface area contributed by atoms with Crippen molar-refractivity contribution < 1.29 is 14.3 Å². The molecule has 0 spiro atoms. The Bertz CT molecular complexity index is 510. The number of benzene rings is 1. The lowest BCUT2D eigenvalue weighted by Gasteiger charge is -2.31. The molecule has 1 atom stereocenters. The molecule has 2 rings (SSSR count). The third kappa shape index (κ3) is 5.27. The minimum absolute atomic E-state index is 0.0168. The van der Waals surface area contributed by atoms with Gasteiger partial charge >= 0.3 is 0 Å². The van der Waals surface area contributed by atoms with Gasteiger partial charge in [0.05, 0.1) is 0 Å². The van der Waals surface area contributed by atoms with E-state index in [0.717, 1.165) is 19.3 Å². The van der Waals surface area contributed by atoms with Gasteiger partial charge in [-0.05, 0) is 38.3 Å². The number of nitrogens with one attached hydrogen (secondary N) is 1. The number of amides is 2. The zero-order valence-electron chi connectivity index (χ0n) is 14.0. The second-order valence-electron chi connectivity index (χ2n) is 6.07. The van der Waals surface area contributed by atoms with Crippen LogP contribution >= 0.6 is 0 Å². The van der Waals surface area contributed by atoms with Crippen molar-refractivity contribution in [3.05, 3.63) is 30.3 Å². The highest BCUT2D eigenvalue weighted by atomic mass is 16.5. The summed E-state index contributed by atoms with van der Waals surface area (Å²) < 4.78 is 5.49. The fraction of sp³-hybridized carbons (Fsp3) is 0.556. The maximum atomic E-state index is 12.2. The monoisotopic (exact) mass is 318 g/mol. The molecule has 126 valence electrons. The molecule has 1 unspecified atom stereocenters. The molecule has 5 nitrogen and oxygen atoms in total. The third-order valence-corrected chi connectivity index (χ3v) is 4.33. The molecule has 0 saturated carbocycles. The second-order valence-corrected chi connectivity index (χ2v) is 6.07. The molecule has 1 aromatic rings. The summed E-state index contributed by atoms with van der Waals surface area (Å²) in [6.07, 6.45) is 2.37. The van der Waals surface area contributed by atoms with E-state index in [-0.39, 0.29) is 30.4 Å². The van der Waals surface area contributed by atoms with Crippen LogP contribution in [0.5, 0.6) is 5.75 Å². The van der Waals surface area contributed by atoms with Crippen LogP contribution in [0.25, 0.3) is 0 Å². The largest absolute Gasteiger partial charge is 0.484 e. The van der Waals surface area contributed by atoms with Gasteiger partial charge in [-0.15, -0.1) is 0 Å². The molecule has 1 aliphatic heterocycles. The first-order valence-corrected chi connectivity index (χ1v) is 8.36. The second kappa shape index (κ2) is 8.56. The molecular formula is C18H26N2O3. The minimum Gasteiger partial charge on any atom is -0.484 e. The van der Waals surface area contributed by atoms with E-state index in [2.05, 4.69) is 12.2 Å². The van der Waals surface area contributed by atoms with Gasteiger partial charge in [0.15, 0.2) is 6.61 Å². The van der Waals surface area contributed by atoms with E-state index in [9.17, 15) is 9.59 Å². The Kier molecular flexibility index (Phi) is 6.44. The van der Waals surface area contributed by atoms with E-state index in [1.165, 1.54) is 0 Å². The fourth-order valence-corrected chi connectivity index (χ4v) is 2.61. The number of rotatable bonds is 6. The molecule has 2 amide bonds. The highest BCUT2D eigenvalue weighted by molar-refractivity contribution is 5.80. The summed E-state index contributed by atoms with van der Waals surface area (Å²) in [4.78, 5) is 26.1. The Hall–Kier alpha value is -2.04. The zero-order valence-corrected chi connectivity index (χ0v) is 14.0. The number of carbonyl (C=O) groups is 2. The van der Waals surface area contributed by atoms with Crippen molar-refractivity contribution in [2.75, 3.05) is 19.7 Å². The number of nitrogens with zero attached hydrogens (tertiary/aromatic N) is 1. The molecule has 23 heavy (non-hydrogen) atoms. The first-order valence-electron chi connectivity index (χ1n) is 8.36. The zero-order chi connectivity index (χ0) is 16.7. The summed E-state index contributed by atoms with van der Waals surface area (Å²) in [6.45, 7) is 5.36. The lowest BCUT2D eigenvalue weighted by molar-refractivity contribution is -0.137. The lowest BCUT2D eigenvalue weighted by atomic mass is 9.95. The predicted octanol–water partition coefficient (Wildman–Crippen LogP) is 2.22. The van der Waals surface area contributed by atoms with E-state index in [1.807, 2.05) is 37.3 Å². The summed E-state index contributed by atoms with van der Waals surface area (Å²) >= 11 is 0. The van der Waals surface area contributed by atoms with Crippen LogP contribution in [0.4, 0.5) is 0 Å². The molecule has 1 aliphatic rings. The van der Waals surface area contributed by atoms with Crippen LogP contribution in [0.3, 0.4) is 0 Å². The smallest absolute Gasteiger partial charge is 0.260 e. The van der Waals surface area contributed by atoms with Crippen molar-refractivity contribution in [2.24, 2.45) is 5.92 Å². The van der Waals surface area contributed by atoms with Crippen LogP contribution in [-0.4, -0.2) is 42.5 Å². The minimum atomic E-state index is -0.0189. The highest BCUT2D eigenvalue weighted by Gasteiger charge is 2.27. The Morgan fingerprint density at radius 1 is 1.26 bits per heavy atom. The van der Waals surface area contributed by atoms with E-state index >= 15 is 0 Å². The molecule has 0 radical (unpaired) electrons. The van der Waals surface area contributed by atoms with Gasteiger partial charge in [0.2, 0.25) is 5.91 Å². The van der Waals surface area contributed by atoms with Crippen LogP contribution < -0.4 is 10.1 Å². The van der Waals surface area contributed by atoms with E-state index in [4.69, 9.17) is 4.74 Å². The van der Waals surface area contributed by atoms with Gasteiger partial charge in [-0.1, -0.05) is 25.1 Å². The molecule has 0 aromatic heterocycles. The number of hydrogen-bond donors (Lipinski definition) is 1. The molecule has 1 fully saturated rings. The first kappa shape index (κ1) is 17.3. The number of ether oxygens (including phenoxy) is 1. The summed E-state index contributed by atoms with van der Waals surface area (Å²) in [5.41, 5.74) is 0. The predicted molar refractivity (Wildman–Crippen MR) is 89.1 cm³/mol. The number of para-hydroxylation sites is 1. The summed E-state index contributed by atoms with van der Waals surface area (Å²) in [7, 11) is 0. The van der Waals surface area contributed by atoms with Crippen LogP contribution in [0, 0.1) is 5.92 Å². The van der Waals surface area contributed by atoms with Crippen molar-refractivity contribution in [3.63, 3.8) is 0 Å². The van der Waals surface area contributed by atoms with Crippen molar-refractivity contribution in [1.82, 2.24) is 10.2 Å². The number of likely N-dealkylation sites (tertiary alicyclic amines) is 1. The van der Waals surface area contributed by atoms with Gasteiger partial charge in [-0.2, -0.15) is 0 Å². The Labute approximate surface area is 138 Å². The number of carbonyl (C=O) groups excluding carboxylic acids is 2. The highest BCUT2D eigenvalue weighted by Crippen LogP contribution is 2.18. The van der Waals surface area contributed by atoms with Gasteiger partial charge in [-0.25, -0.2) is 0 Å². The molecule has 1 N–H and O–H groups in total. The first-order chi connectivity index (χ1) is 11.1. The topological polar surface area (TPSA) is 58.6 Å². The summed E-state index contributed by atoms with van der Waals surface area (Å²) in [6, 6.07) is 9.53. The van der Waals surface area contributed by atoms with Crippen molar-refractivity contribution in [2.45, 2.75) is 39.2 Å². The summed E-state index contributed by atoms with van der Waals surface area (Å²) in [5.74, 6) is 0.813. The van der Waals surface area contributed by atoms with Gasteiger partial charge < -0.3 is 15.0 Å². The van der Waals surface area contributed by atoms with E-state index < -0.39 is 0 Å². The summed E-state index contributed by atoms with van der Waals surface area (Å²) in [5, 5.41) is 3.02. The maximum absolute atomic E-state index is 12.2. The van der Waals surface area contributed by atoms with E-state index in [1.54, 1.807) is 4.90 Å². The van der Waals surface area contributed by atoms with Gasteiger partial charge in [0, 0.05) is 25.0 Å². The standard InChI is InChI=1S/C18H26N2O3/c1-3-14(2)19-18(22)15-9-11-20(12-10-15)17(21)13-23-16-7-5-4-6-8-16/h4-8,14-15H,3,9-13H2,1-2H3,(H,19,22). The fourth-order valence-electron chi connectivity index (χ4n) is 2.61. The Morgan fingerprint density at radius 3 is 2.52 bits per heavy atom. The Morgan fingerprint density at radius 2 is 1.91 bits per heavy atom. The van der Waals surface area contributed by atoms with Crippen molar-refractivity contribution in [3.8, 4) is 5.75 Å². The third-order valence-electron chi connectivity index (χ3n) is 4.33. The quantitative estimate of drug-likeness (QED) is 0.875. The molecule has 0 aliphatic carbocycles. The average Bonchev–Trinajstić information content (AvgIpc) is 2.60. The van der Waals surface area contributed by atoms with Crippen LogP contribution in [-0.2, 0) is 9.59 Å². The molecule has 1 heterocycles. The van der Waals surface area contributed by atoms with Crippen LogP contribution in [0.2, 0.25) is 0 Å². The molecule has 0 bridgehead atoms. The SMILES string of the molecule is CCC(C)NC(=O)C1CCN(C(=O)COc2ccccc2)CC1. The lowest BCUT2D eigenvalue weighted by Crippen LogP contribution is -2.45. The van der Waals surface area contributed by atoms with E-state index in [0.29, 0.717) is 18.8 Å². The van der Waals surface area contributed by atoms with Gasteiger partial charge in [-0.3, -0.25) is 9.59 Å². The Balaban J connectivity index is 1.73. The maximum Gasteiger partial charge on any atom is 0.260 e. The normalized spacial score (nSPS) is 16.7. The number of hydrogen-bond acceptors (Lipinski definition) is 3.